The van der Waals surface area contributed by atoms with Crippen LogP contribution in [0.5, 0.6) is 17.2 Å². The van der Waals surface area contributed by atoms with Gasteiger partial charge in [0.1, 0.15) is 11.3 Å². The predicted molar refractivity (Wildman–Crippen MR) is 101 cm³/mol. The lowest BCUT2D eigenvalue weighted by Crippen LogP contribution is -2.21. The number of phenols is 1. The minimum absolute atomic E-state index is 0.0769. The molecule has 144 valence electrons. The normalized spacial score (nSPS) is 10.2. The van der Waals surface area contributed by atoms with Gasteiger partial charge in [-0.15, -0.1) is 0 Å². The molecule has 8 heteroatoms. The summed E-state index contributed by atoms with van der Waals surface area (Å²) in [5.74, 6) is -0.618. The van der Waals surface area contributed by atoms with Gasteiger partial charge in [0.25, 0.3) is 5.91 Å². The monoisotopic (exact) mass is 393 g/mol. The lowest BCUT2D eigenvalue weighted by molar-refractivity contribution is -0.119. The van der Waals surface area contributed by atoms with Crippen LogP contribution in [0.4, 0.5) is 5.69 Å². The summed E-state index contributed by atoms with van der Waals surface area (Å²) < 4.78 is 15.9. The van der Waals surface area contributed by atoms with Gasteiger partial charge in [0, 0.05) is 16.8 Å². The first-order chi connectivity index (χ1) is 12.9. The maximum atomic E-state index is 12.0. The van der Waals surface area contributed by atoms with Crippen molar-refractivity contribution in [3.63, 3.8) is 0 Å². The number of benzene rings is 2. The molecule has 27 heavy (non-hydrogen) atoms. The van der Waals surface area contributed by atoms with Crippen LogP contribution in [-0.4, -0.2) is 36.8 Å². The van der Waals surface area contributed by atoms with Gasteiger partial charge in [0.2, 0.25) is 0 Å². The average molecular weight is 394 g/mol. The van der Waals surface area contributed by atoms with Gasteiger partial charge in [-0.1, -0.05) is 11.6 Å². The SMILES string of the molecule is CCOc1ccc(NC(=O)COC(=O)c2ccc(Cl)cc2O)cc1OCC. The summed E-state index contributed by atoms with van der Waals surface area (Å²) in [7, 11) is 0. The number of carbonyl (C=O) groups is 2. The lowest BCUT2D eigenvalue weighted by atomic mass is 10.2. The van der Waals surface area contributed by atoms with Gasteiger partial charge in [-0.25, -0.2) is 4.79 Å². The fraction of sp³-hybridized carbons (Fsp3) is 0.263. The first-order valence-electron chi connectivity index (χ1n) is 8.29. The summed E-state index contributed by atoms with van der Waals surface area (Å²) in [5.41, 5.74) is 0.393. The number of amides is 1. The molecule has 2 rings (SSSR count). The number of carbonyl (C=O) groups excluding carboxylic acids is 2. The third-order valence-electron chi connectivity index (χ3n) is 3.34. The number of rotatable bonds is 8. The van der Waals surface area contributed by atoms with Crippen LogP contribution < -0.4 is 14.8 Å². The minimum atomic E-state index is -0.832. The van der Waals surface area contributed by atoms with Crippen molar-refractivity contribution in [2.24, 2.45) is 0 Å². The maximum absolute atomic E-state index is 12.0. The Morgan fingerprint density at radius 1 is 1.04 bits per heavy atom. The molecule has 0 aliphatic rings. The van der Waals surface area contributed by atoms with Crippen molar-refractivity contribution in [3.05, 3.63) is 47.0 Å². The number of phenolic OH excluding ortho intramolecular Hbond substituents is 1. The smallest absolute Gasteiger partial charge is 0.342 e. The molecule has 0 saturated heterocycles. The van der Waals surface area contributed by atoms with Gasteiger partial charge < -0.3 is 24.6 Å². The lowest BCUT2D eigenvalue weighted by Gasteiger charge is -2.13. The van der Waals surface area contributed by atoms with Crippen molar-refractivity contribution in [3.8, 4) is 17.2 Å². The zero-order valence-corrected chi connectivity index (χ0v) is 15.7. The molecule has 0 fully saturated rings. The standard InChI is InChI=1S/C19H20ClNO6/c1-3-25-16-8-6-13(10-17(16)26-4-2)21-18(23)11-27-19(24)14-7-5-12(20)9-15(14)22/h5-10,22H,3-4,11H2,1-2H3,(H,21,23). The van der Waals surface area contributed by atoms with E-state index in [2.05, 4.69) is 5.32 Å². The van der Waals surface area contributed by atoms with Crippen LogP contribution in [0.2, 0.25) is 5.02 Å². The van der Waals surface area contributed by atoms with Crippen molar-refractivity contribution in [1.82, 2.24) is 0 Å². The van der Waals surface area contributed by atoms with E-state index in [0.29, 0.717) is 30.4 Å². The number of esters is 1. The highest BCUT2D eigenvalue weighted by Crippen LogP contribution is 2.30. The molecular formula is C19H20ClNO6. The van der Waals surface area contributed by atoms with E-state index < -0.39 is 18.5 Å². The van der Waals surface area contributed by atoms with Crippen LogP contribution in [0.15, 0.2) is 36.4 Å². The third-order valence-corrected chi connectivity index (χ3v) is 3.58. The summed E-state index contributed by atoms with van der Waals surface area (Å²) in [4.78, 5) is 24.0. The summed E-state index contributed by atoms with van der Waals surface area (Å²) >= 11 is 5.71. The van der Waals surface area contributed by atoms with Crippen molar-refractivity contribution in [2.75, 3.05) is 25.1 Å². The Morgan fingerprint density at radius 3 is 2.41 bits per heavy atom. The van der Waals surface area contributed by atoms with Crippen LogP contribution in [0.25, 0.3) is 0 Å². The molecule has 0 bridgehead atoms. The Balaban J connectivity index is 1.97. The molecule has 7 nitrogen and oxygen atoms in total. The van der Waals surface area contributed by atoms with Crippen LogP contribution in [-0.2, 0) is 9.53 Å². The molecule has 2 aromatic carbocycles. The Kier molecular flexibility index (Phi) is 7.31. The Hall–Kier alpha value is -2.93. The average Bonchev–Trinajstić information content (AvgIpc) is 2.62. The summed E-state index contributed by atoms with van der Waals surface area (Å²) in [6.07, 6.45) is 0. The maximum Gasteiger partial charge on any atom is 0.342 e. The van der Waals surface area contributed by atoms with Crippen molar-refractivity contribution in [2.45, 2.75) is 13.8 Å². The molecule has 2 aromatic rings. The van der Waals surface area contributed by atoms with Crippen molar-refractivity contribution >= 4 is 29.2 Å². The van der Waals surface area contributed by atoms with E-state index in [4.69, 9.17) is 25.8 Å². The number of hydrogen-bond donors (Lipinski definition) is 2. The van der Waals surface area contributed by atoms with E-state index in [0.717, 1.165) is 0 Å². The quantitative estimate of drug-likeness (QED) is 0.665. The second kappa shape index (κ2) is 9.68. The number of hydrogen-bond acceptors (Lipinski definition) is 6. The molecular weight excluding hydrogens is 374 g/mol. The first-order valence-corrected chi connectivity index (χ1v) is 8.67. The van der Waals surface area contributed by atoms with E-state index in [1.54, 1.807) is 18.2 Å². The number of aromatic hydroxyl groups is 1. The van der Waals surface area contributed by atoms with Crippen LogP contribution in [0.3, 0.4) is 0 Å². The van der Waals surface area contributed by atoms with E-state index >= 15 is 0 Å². The molecule has 0 radical (unpaired) electrons. The number of halogens is 1. The number of ether oxygens (including phenoxy) is 3. The van der Waals surface area contributed by atoms with Crippen LogP contribution in [0.1, 0.15) is 24.2 Å². The molecule has 0 aromatic heterocycles. The largest absolute Gasteiger partial charge is 0.507 e. The van der Waals surface area contributed by atoms with E-state index in [1.165, 1.54) is 18.2 Å². The third kappa shape index (κ3) is 5.79. The summed E-state index contributed by atoms with van der Waals surface area (Å²) in [6.45, 7) is 4.11. The van der Waals surface area contributed by atoms with Crippen molar-refractivity contribution < 1.29 is 28.9 Å². The van der Waals surface area contributed by atoms with Crippen molar-refractivity contribution in [1.29, 1.82) is 0 Å². The van der Waals surface area contributed by atoms with E-state index in [9.17, 15) is 14.7 Å². The molecule has 0 saturated carbocycles. The zero-order valence-electron chi connectivity index (χ0n) is 15.0. The fourth-order valence-electron chi connectivity index (χ4n) is 2.21. The predicted octanol–water partition coefficient (Wildman–Crippen LogP) is 3.64. The van der Waals surface area contributed by atoms with Gasteiger partial charge in [0.15, 0.2) is 18.1 Å². The highest BCUT2D eigenvalue weighted by Gasteiger charge is 2.15. The topological polar surface area (TPSA) is 94.1 Å². The molecule has 1 amide bonds. The molecule has 0 spiro atoms. The van der Waals surface area contributed by atoms with Gasteiger partial charge in [-0.05, 0) is 44.2 Å². The molecule has 2 N–H and O–H groups in total. The van der Waals surface area contributed by atoms with Gasteiger partial charge in [0.05, 0.1) is 13.2 Å². The number of anilines is 1. The highest BCUT2D eigenvalue weighted by atomic mass is 35.5. The van der Waals surface area contributed by atoms with E-state index in [-0.39, 0.29) is 16.3 Å². The van der Waals surface area contributed by atoms with Crippen LogP contribution >= 0.6 is 11.6 Å². The van der Waals surface area contributed by atoms with Gasteiger partial charge >= 0.3 is 5.97 Å². The summed E-state index contributed by atoms with van der Waals surface area (Å²) in [6, 6.07) is 8.93. The Morgan fingerprint density at radius 2 is 1.74 bits per heavy atom. The fourth-order valence-corrected chi connectivity index (χ4v) is 2.38. The Bertz CT molecular complexity index is 824. The van der Waals surface area contributed by atoms with Gasteiger partial charge in [-0.2, -0.15) is 0 Å². The van der Waals surface area contributed by atoms with E-state index in [1.807, 2.05) is 13.8 Å². The summed E-state index contributed by atoms with van der Waals surface area (Å²) in [5, 5.41) is 12.6. The second-order valence-electron chi connectivity index (χ2n) is 5.31. The Labute approximate surface area is 161 Å². The molecule has 0 aliphatic heterocycles. The van der Waals surface area contributed by atoms with Gasteiger partial charge in [-0.3, -0.25) is 4.79 Å². The molecule has 0 heterocycles. The highest BCUT2D eigenvalue weighted by molar-refractivity contribution is 6.30. The minimum Gasteiger partial charge on any atom is -0.507 e. The second-order valence-corrected chi connectivity index (χ2v) is 5.75. The first kappa shape index (κ1) is 20.4. The number of nitrogens with one attached hydrogen (secondary N) is 1. The zero-order chi connectivity index (χ0) is 19.8. The van der Waals surface area contributed by atoms with Crippen LogP contribution in [0, 0.1) is 0 Å². The molecule has 0 atom stereocenters. The molecule has 0 unspecified atom stereocenters. The molecule has 0 aliphatic carbocycles.